The van der Waals surface area contributed by atoms with Crippen molar-refractivity contribution >= 4 is 11.6 Å². The fourth-order valence-corrected chi connectivity index (χ4v) is 2.51. The molecule has 17 heavy (non-hydrogen) atoms. The van der Waals surface area contributed by atoms with E-state index in [1.165, 1.54) is 0 Å². The molecule has 1 fully saturated rings. The molecule has 0 radical (unpaired) electrons. The molecule has 0 amide bonds. The maximum absolute atomic E-state index is 9.25. The van der Waals surface area contributed by atoms with Crippen molar-refractivity contribution in [3.63, 3.8) is 0 Å². The Bertz CT molecular complexity index is 463. The molecule has 2 N–H and O–H groups in total. The normalized spacial score (nSPS) is 18.9. The maximum atomic E-state index is 9.25. The third kappa shape index (κ3) is 1.99. The van der Waals surface area contributed by atoms with Crippen LogP contribution in [0.5, 0.6) is 5.75 Å². The van der Waals surface area contributed by atoms with Crippen molar-refractivity contribution < 1.29 is 4.74 Å². The van der Waals surface area contributed by atoms with Gasteiger partial charge in [-0.25, -0.2) is 0 Å². The van der Waals surface area contributed by atoms with E-state index < -0.39 is 5.41 Å². The van der Waals surface area contributed by atoms with Gasteiger partial charge in [0.15, 0.2) is 0 Å². The molecule has 1 aliphatic carbocycles. The van der Waals surface area contributed by atoms with Gasteiger partial charge in [0.2, 0.25) is 0 Å². The average Bonchev–Trinajstić information content (AvgIpc) is 2.28. The molecule has 1 aliphatic rings. The fraction of sp³-hybridized carbons (Fsp3) is 0.462. The van der Waals surface area contributed by atoms with E-state index in [1.54, 1.807) is 19.2 Å². The second-order valence-corrected chi connectivity index (χ2v) is 4.90. The Morgan fingerprint density at radius 1 is 1.53 bits per heavy atom. The Hall–Kier alpha value is -1.24. The second-order valence-electron chi connectivity index (χ2n) is 4.49. The quantitative estimate of drug-likeness (QED) is 0.897. The van der Waals surface area contributed by atoms with Gasteiger partial charge in [-0.15, -0.1) is 0 Å². The first kappa shape index (κ1) is 12.2. The van der Waals surface area contributed by atoms with Crippen LogP contribution >= 0.6 is 11.6 Å². The first-order valence-electron chi connectivity index (χ1n) is 5.63. The van der Waals surface area contributed by atoms with Crippen molar-refractivity contribution in [3.05, 3.63) is 28.8 Å². The fourth-order valence-electron chi connectivity index (χ4n) is 2.25. The summed E-state index contributed by atoms with van der Waals surface area (Å²) in [6.45, 7) is 0. The van der Waals surface area contributed by atoms with E-state index in [9.17, 15) is 5.26 Å². The maximum Gasteiger partial charge on any atom is 0.137 e. The number of nitrogens with two attached hydrogens (primary N) is 1. The summed E-state index contributed by atoms with van der Waals surface area (Å²) in [7, 11) is 1.57. The number of hydrogen-bond acceptors (Lipinski definition) is 3. The van der Waals surface area contributed by atoms with Gasteiger partial charge in [0.1, 0.15) is 5.75 Å². The van der Waals surface area contributed by atoms with E-state index in [0.717, 1.165) is 24.8 Å². The molecule has 1 aromatic rings. The van der Waals surface area contributed by atoms with Gasteiger partial charge < -0.3 is 10.5 Å². The Kier molecular flexibility index (Phi) is 3.28. The first-order valence-corrected chi connectivity index (χ1v) is 6.01. The molecule has 3 nitrogen and oxygen atoms in total. The lowest BCUT2D eigenvalue weighted by atomic mass is 9.64. The lowest BCUT2D eigenvalue weighted by Crippen LogP contribution is -2.39. The lowest BCUT2D eigenvalue weighted by Gasteiger charge is -2.40. The number of benzene rings is 1. The van der Waals surface area contributed by atoms with Gasteiger partial charge in [-0.1, -0.05) is 24.1 Å². The third-order valence-electron chi connectivity index (χ3n) is 3.60. The molecule has 2 rings (SSSR count). The summed E-state index contributed by atoms with van der Waals surface area (Å²) in [4.78, 5) is 0. The predicted molar refractivity (Wildman–Crippen MR) is 66.8 cm³/mol. The molecule has 0 bridgehead atoms. The van der Waals surface area contributed by atoms with E-state index >= 15 is 0 Å². The van der Waals surface area contributed by atoms with Gasteiger partial charge in [-0.2, -0.15) is 5.26 Å². The molecule has 0 aliphatic heterocycles. The van der Waals surface area contributed by atoms with Crippen molar-refractivity contribution in [3.8, 4) is 11.8 Å². The van der Waals surface area contributed by atoms with Gasteiger partial charge in [0.05, 0.1) is 23.6 Å². The van der Waals surface area contributed by atoms with E-state index in [4.69, 9.17) is 22.1 Å². The molecule has 0 aromatic heterocycles. The molecule has 1 saturated carbocycles. The topological polar surface area (TPSA) is 59.0 Å². The molecule has 90 valence electrons. The van der Waals surface area contributed by atoms with E-state index in [-0.39, 0.29) is 6.04 Å². The summed E-state index contributed by atoms with van der Waals surface area (Å²) in [5.41, 5.74) is 6.68. The first-order chi connectivity index (χ1) is 8.13. The Morgan fingerprint density at radius 3 is 2.65 bits per heavy atom. The van der Waals surface area contributed by atoms with Crippen LogP contribution in [0.3, 0.4) is 0 Å². The number of nitriles is 1. The minimum absolute atomic E-state index is 0.273. The SMILES string of the molecule is COc1ccc(C(N)C2(C#N)CCC2)cc1Cl. The smallest absolute Gasteiger partial charge is 0.137 e. The van der Waals surface area contributed by atoms with Crippen molar-refractivity contribution in [2.24, 2.45) is 11.1 Å². The van der Waals surface area contributed by atoms with Crippen LogP contribution in [0.2, 0.25) is 5.02 Å². The summed E-state index contributed by atoms with van der Waals surface area (Å²) in [6, 6.07) is 7.56. The van der Waals surface area contributed by atoms with Gasteiger partial charge in [0, 0.05) is 6.04 Å². The van der Waals surface area contributed by atoms with Crippen LogP contribution in [-0.2, 0) is 0 Å². The largest absolute Gasteiger partial charge is 0.495 e. The van der Waals surface area contributed by atoms with Crippen LogP contribution in [0.1, 0.15) is 30.9 Å². The molecular weight excluding hydrogens is 236 g/mol. The highest BCUT2D eigenvalue weighted by Gasteiger charge is 2.43. The Morgan fingerprint density at radius 2 is 2.24 bits per heavy atom. The van der Waals surface area contributed by atoms with E-state index in [0.29, 0.717) is 10.8 Å². The number of methoxy groups -OCH3 is 1. The van der Waals surface area contributed by atoms with Gasteiger partial charge in [-0.05, 0) is 30.5 Å². The summed E-state index contributed by atoms with van der Waals surface area (Å²) in [5, 5.41) is 9.79. The van der Waals surface area contributed by atoms with Gasteiger partial charge in [0.25, 0.3) is 0 Å². The number of hydrogen-bond donors (Lipinski definition) is 1. The van der Waals surface area contributed by atoms with E-state index in [1.807, 2.05) is 6.07 Å². The summed E-state index contributed by atoms with van der Waals surface area (Å²) in [6.07, 6.45) is 2.81. The Labute approximate surface area is 106 Å². The number of rotatable bonds is 3. The number of ether oxygens (including phenoxy) is 1. The molecule has 0 spiro atoms. The minimum atomic E-state index is -0.405. The molecule has 1 unspecified atom stereocenters. The van der Waals surface area contributed by atoms with Gasteiger partial charge >= 0.3 is 0 Å². The monoisotopic (exact) mass is 250 g/mol. The second kappa shape index (κ2) is 4.56. The molecule has 4 heteroatoms. The molecular formula is C13H15ClN2O. The summed E-state index contributed by atoms with van der Waals surface area (Å²) < 4.78 is 5.09. The highest BCUT2D eigenvalue weighted by Crippen LogP contribution is 2.49. The summed E-state index contributed by atoms with van der Waals surface area (Å²) >= 11 is 6.06. The Balaban J connectivity index is 2.29. The van der Waals surface area contributed by atoms with Crippen molar-refractivity contribution in [2.75, 3.05) is 7.11 Å². The highest BCUT2D eigenvalue weighted by atomic mass is 35.5. The standard InChI is InChI=1S/C13H15ClN2O/c1-17-11-4-3-9(7-10(11)14)12(16)13(8-15)5-2-6-13/h3-4,7,12H,2,5-6,16H2,1H3. The van der Waals surface area contributed by atoms with Crippen LogP contribution in [0.15, 0.2) is 18.2 Å². The average molecular weight is 251 g/mol. The van der Waals surface area contributed by atoms with E-state index in [2.05, 4.69) is 6.07 Å². The van der Waals surface area contributed by atoms with Crippen molar-refractivity contribution in [1.82, 2.24) is 0 Å². The molecule has 0 heterocycles. The number of halogens is 1. The van der Waals surface area contributed by atoms with Crippen LogP contribution in [0.25, 0.3) is 0 Å². The molecule has 1 aromatic carbocycles. The zero-order chi connectivity index (χ0) is 12.5. The molecule has 1 atom stereocenters. The highest BCUT2D eigenvalue weighted by molar-refractivity contribution is 6.32. The summed E-state index contributed by atoms with van der Waals surface area (Å²) in [5.74, 6) is 0.627. The van der Waals surface area contributed by atoms with Crippen LogP contribution in [-0.4, -0.2) is 7.11 Å². The van der Waals surface area contributed by atoms with Gasteiger partial charge in [-0.3, -0.25) is 0 Å². The predicted octanol–water partition coefficient (Wildman–Crippen LogP) is 3.04. The zero-order valence-electron chi connectivity index (χ0n) is 9.74. The third-order valence-corrected chi connectivity index (χ3v) is 3.89. The number of nitrogens with zero attached hydrogens (tertiary/aromatic N) is 1. The van der Waals surface area contributed by atoms with Crippen LogP contribution in [0.4, 0.5) is 0 Å². The van der Waals surface area contributed by atoms with Crippen LogP contribution in [0, 0.1) is 16.7 Å². The lowest BCUT2D eigenvalue weighted by molar-refractivity contribution is 0.169. The minimum Gasteiger partial charge on any atom is -0.495 e. The van der Waals surface area contributed by atoms with Crippen molar-refractivity contribution in [2.45, 2.75) is 25.3 Å². The van der Waals surface area contributed by atoms with Crippen molar-refractivity contribution in [1.29, 1.82) is 5.26 Å². The zero-order valence-corrected chi connectivity index (χ0v) is 10.5. The van der Waals surface area contributed by atoms with Crippen LogP contribution < -0.4 is 10.5 Å². The molecule has 0 saturated heterocycles.